The Balaban J connectivity index is 2.41. The van der Waals surface area contributed by atoms with Gasteiger partial charge in [0.15, 0.2) is 6.29 Å². The molecule has 0 saturated heterocycles. The van der Waals surface area contributed by atoms with Crippen molar-refractivity contribution in [2.75, 3.05) is 52.8 Å². The van der Waals surface area contributed by atoms with Crippen molar-refractivity contribution in [2.24, 2.45) is 11.8 Å². The van der Waals surface area contributed by atoms with Crippen LogP contribution in [-0.4, -0.2) is 95.1 Å². The molecule has 11 nitrogen and oxygen atoms in total. The number of carbonyl (C=O) groups is 2. The van der Waals surface area contributed by atoms with Gasteiger partial charge in [0.05, 0.1) is 31.7 Å². The van der Waals surface area contributed by atoms with Crippen molar-refractivity contribution in [1.82, 2.24) is 10.2 Å². The number of allylic oxidation sites excluding steroid dienone is 2. The molecule has 12 heteroatoms. The van der Waals surface area contributed by atoms with Gasteiger partial charge in [0.2, 0.25) is 5.91 Å². The second kappa shape index (κ2) is 15.1. The lowest BCUT2D eigenvalue weighted by Crippen LogP contribution is -2.38. The number of nitrogens with one attached hydrogen (secondary N) is 1. The van der Waals surface area contributed by atoms with E-state index < -0.39 is 36.2 Å². The first-order chi connectivity index (χ1) is 17.2. The SMILES string of the molecule is COCCN(CCOSC)C(O)c1cc(C2=CC(C(=O)O)C(C(=O)NCCO)C=C2)ccc1C(O)O. The Bertz CT molecular complexity index is 938. The summed E-state index contributed by atoms with van der Waals surface area (Å²) in [6.07, 6.45) is 3.23. The molecular formula is C24H34N2O9S. The molecule has 0 fully saturated rings. The summed E-state index contributed by atoms with van der Waals surface area (Å²) in [4.78, 5) is 25.9. The molecule has 0 radical (unpaired) electrons. The monoisotopic (exact) mass is 526 g/mol. The second-order valence-electron chi connectivity index (χ2n) is 7.99. The summed E-state index contributed by atoms with van der Waals surface area (Å²) >= 11 is 1.19. The summed E-state index contributed by atoms with van der Waals surface area (Å²) in [6, 6.07) is 4.61. The largest absolute Gasteiger partial charge is 0.481 e. The molecule has 0 spiro atoms. The number of amides is 1. The summed E-state index contributed by atoms with van der Waals surface area (Å²) < 4.78 is 10.4. The zero-order chi connectivity index (χ0) is 26.7. The van der Waals surface area contributed by atoms with Crippen LogP contribution in [0.4, 0.5) is 0 Å². The third kappa shape index (κ3) is 8.11. The average molecular weight is 527 g/mol. The van der Waals surface area contributed by atoms with E-state index in [9.17, 15) is 30.0 Å². The Morgan fingerprint density at radius 3 is 2.47 bits per heavy atom. The normalized spacial score (nSPS) is 18.4. The van der Waals surface area contributed by atoms with Gasteiger partial charge in [0.1, 0.15) is 6.23 Å². The van der Waals surface area contributed by atoms with Crippen molar-refractivity contribution in [3.05, 3.63) is 53.1 Å². The third-order valence-corrected chi connectivity index (χ3v) is 6.12. The number of aliphatic hydroxyl groups excluding tert-OH is 3. The van der Waals surface area contributed by atoms with Gasteiger partial charge in [-0.05, 0) is 29.2 Å². The minimum Gasteiger partial charge on any atom is -0.481 e. The zero-order valence-electron chi connectivity index (χ0n) is 20.2. The molecule has 1 aromatic carbocycles. The van der Waals surface area contributed by atoms with Crippen LogP contribution in [0.5, 0.6) is 0 Å². The standard InChI is InChI=1S/C24H34N2O9S/c1-34-11-8-26(9-12-35-36-2)22(29)19-13-15(4-6-18(19)23(30)31)16-3-5-17(20(14-16)24(32)33)21(28)25-7-10-27/h3-6,13-14,17,20,22-23,27,29-31H,7-12H2,1-2H3,(H,25,28)(H,32,33). The van der Waals surface area contributed by atoms with Crippen LogP contribution in [0.2, 0.25) is 0 Å². The number of aliphatic hydroxyl groups is 4. The smallest absolute Gasteiger partial charge is 0.311 e. The lowest BCUT2D eigenvalue weighted by atomic mass is 9.83. The Labute approximate surface area is 214 Å². The highest BCUT2D eigenvalue weighted by Gasteiger charge is 2.33. The van der Waals surface area contributed by atoms with Crippen LogP contribution < -0.4 is 5.32 Å². The number of carbonyl (C=O) groups excluding carboxylic acids is 1. The number of benzene rings is 1. The lowest BCUT2D eigenvalue weighted by Gasteiger charge is -2.30. The summed E-state index contributed by atoms with van der Waals surface area (Å²) in [5.74, 6) is -3.81. The van der Waals surface area contributed by atoms with Crippen LogP contribution in [0.25, 0.3) is 5.57 Å². The number of methoxy groups -OCH3 is 1. The van der Waals surface area contributed by atoms with Gasteiger partial charge in [-0.2, -0.15) is 0 Å². The van der Waals surface area contributed by atoms with Crippen LogP contribution in [0.15, 0.2) is 36.4 Å². The molecule has 0 bridgehead atoms. The molecule has 1 aromatic rings. The summed E-state index contributed by atoms with van der Waals surface area (Å²) in [6.45, 7) is 1.06. The van der Waals surface area contributed by atoms with Crippen LogP contribution in [-0.2, 0) is 18.5 Å². The van der Waals surface area contributed by atoms with Gasteiger partial charge in [0, 0.05) is 44.1 Å². The number of carboxylic acids is 1. The summed E-state index contributed by atoms with van der Waals surface area (Å²) in [5, 5.41) is 52.1. The van der Waals surface area contributed by atoms with E-state index in [-0.39, 0.29) is 24.3 Å². The minimum atomic E-state index is -1.85. The maximum atomic E-state index is 12.4. The molecule has 0 aliphatic heterocycles. The van der Waals surface area contributed by atoms with Gasteiger partial charge < -0.3 is 39.8 Å². The highest BCUT2D eigenvalue weighted by molar-refractivity contribution is 7.93. The van der Waals surface area contributed by atoms with Crippen molar-refractivity contribution in [3.8, 4) is 0 Å². The fraction of sp³-hybridized carbons (Fsp3) is 0.500. The Morgan fingerprint density at radius 2 is 1.86 bits per heavy atom. The molecule has 2 rings (SSSR count). The van der Waals surface area contributed by atoms with Gasteiger partial charge in [-0.25, -0.2) is 0 Å². The van der Waals surface area contributed by atoms with Gasteiger partial charge >= 0.3 is 5.97 Å². The van der Waals surface area contributed by atoms with E-state index in [1.54, 1.807) is 29.4 Å². The predicted molar refractivity (Wildman–Crippen MR) is 133 cm³/mol. The van der Waals surface area contributed by atoms with E-state index in [0.29, 0.717) is 37.4 Å². The number of rotatable bonds is 15. The molecule has 0 heterocycles. The highest BCUT2D eigenvalue weighted by Crippen LogP contribution is 2.33. The van der Waals surface area contributed by atoms with Crippen LogP contribution in [0.3, 0.4) is 0 Å². The van der Waals surface area contributed by atoms with Crippen LogP contribution >= 0.6 is 12.0 Å². The summed E-state index contributed by atoms with van der Waals surface area (Å²) in [5.41, 5.74) is 1.34. The van der Waals surface area contributed by atoms with E-state index in [1.807, 2.05) is 0 Å². The fourth-order valence-corrected chi connectivity index (χ4v) is 4.10. The van der Waals surface area contributed by atoms with Crippen LogP contribution in [0, 0.1) is 11.8 Å². The molecule has 36 heavy (non-hydrogen) atoms. The molecule has 6 N–H and O–H groups in total. The number of aliphatic carboxylic acids is 1. The lowest BCUT2D eigenvalue weighted by molar-refractivity contribution is -0.144. The van der Waals surface area contributed by atoms with Crippen molar-refractivity contribution >= 4 is 29.5 Å². The van der Waals surface area contributed by atoms with Crippen molar-refractivity contribution in [3.63, 3.8) is 0 Å². The molecule has 0 saturated carbocycles. The van der Waals surface area contributed by atoms with Gasteiger partial charge in [-0.1, -0.05) is 30.4 Å². The van der Waals surface area contributed by atoms with Crippen molar-refractivity contribution < 1.29 is 44.0 Å². The number of hydrogen-bond donors (Lipinski definition) is 6. The molecule has 3 atom stereocenters. The Hall–Kier alpha value is -2.29. The molecule has 0 aromatic heterocycles. The van der Waals surface area contributed by atoms with Crippen LogP contribution in [0.1, 0.15) is 29.2 Å². The number of nitrogens with zero attached hydrogens (tertiary/aromatic N) is 1. The van der Waals surface area contributed by atoms with E-state index in [4.69, 9.17) is 14.0 Å². The minimum absolute atomic E-state index is 0.0137. The second-order valence-corrected chi connectivity index (χ2v) is 8.56. The van der Waals surface area contributed by atoms with Gasteiger partial charge in [0.25, 0.3) is 0 Å². The molecule has 1 amide bonds. The first-order valence-corrected chi connectivity index (χ1v) is 12.5. The van der Waals surface area contributed by atoms with E-state index in [0.717, 1.165) is 0 Å². The Kier molecular flexibility index (Phi) is 12.5. The molecule has 1 aliphatic rings. The maximum Gasteiger partial charge on any atom is 0.311 e. The number of hydrogen-bond acceptors (Lipinski definition) is 10. The van der Waals surface area contributed by atoms with Crippen molar-refractivity contribution in [2.45, 2.75) is 12.5 Å². The quantitative estimate of drug-likeness (QED) is 0.105. The Morgan fingerprint density at radius 1 is 1.14 bits per heavy atom. The third-order valence-electron chi connectivity index (χ3n) is 5.71. The molecular weight excluding hydrogens is 492 g/mol. The molecule has 3 unspecified atom stereocenters. The average Bonchev–Trinajstić information content (AvgIpc) is 2.88. The van der Waals surface area contributed by atoms with Gasteiger partial charge in [-0.15, -0.1) is 0 Å². The number of carboxylic acid groups (broad SMARTS) is 1. The zero-order valence-corrected chi connectivity index (χ0v) is 21.1. The fourth-order valence-electron chi connectivity index (χ4n) is 3.86. The maximum absolute atomic E-state index is 12.4. The number of ether oxygens (including phenoxy) is 1. The highest BCUT2D eigenvalue weighted by atomic mass is 32.2. The predicted octanol–water partition coefficient (Wildman–Crippen LogP) is 0.282. The van der Waals surface area contributed by atoms with Crippen molar-refractivity contribution in [1.29, 1.82) is 0 Å². The molecule has 1 aliphatic carbocycles. The first-order valence-electron chi connectivity index (χ1n) is 11.3. The van der Waals surface area contributed by atoms with E-state index in [2.05, 4.69) is 5.32 Å². The van der Waals surface area contributed by atoms with E-state index >= 15 is 0 Å². The molecule has 200 valence electrons. The topological polar surface area (TPSA) is 169 Å². The first kappa shape index (κ1) is 29.9. The summed E-state index contributed by atoms with van der Waals surface area (Å²) in [7, 11) is 1.53. The van der Waals surface area contributed by atoms with E-state index in [1.165, 1.54) is 37.4 Å². The van der Waals surface area contributed by atoms with Gasteiger partial charge in [-0.3, -0.25) is 14.5 Å².